The number of nitrogens with one attached hydrogen (secondary N) is 1. The molecule has 1 aromatic rings. The summed E-state index contributed by atoms with van der Waals surface area (Å²) in [7, 11) is 0. The fraction of sp³-hybridized carbons (Fsp3) is 0.500. The summed E-state index contributed by atoms with van der Waals surface area (Å²) in [5.41, 5.74) is -0.109. The van der Waals surface area contributed by atoms with E-state index in [1.54, 1.807) is 11.0 Å². The average molecular weight is 279 g/mol. The van der Waals surface area contributed by atoms with Crippen LogP contribution in [0.1, 0.15) is 23.3 Å². The fourth-order valence-electron chi connectivity index (χ4n) is 1.81. The van der Waals surface area contributed by atoms with E-state index in [1.165, 1.54) is 10.9 Å². The maximum absolute atomic E-state index is 11.9. The van der Waals surface area contributed by atoms with Gasteiger partial charge in [0.1, 0.15) is 0 Å². The van der Waals surface area contributed by atoms with Gasteiger partial charge in [-0.15, -0.1) is 11.7 Å². The van der Waals surface area contributed by atoms with Gasteiger partial charge in [0, 0.05) is 19.1 Å². The Morgan fingerprint density at radius 3 is 2.90 bits per heavy atom. The lowest BCUT2D eigenvalue weighted by Gasteiger charge is -2.21. The zero-order chi connectivity index (χ0) is 14.5. The third-order valence-corrected chi connectivity index (χ3v) is 2.95. The minimum Gasteiger partial charge on any atom is -0.476 e. The molecule has 108 valence electrons. The second-order valence-electron chi connectivity index (χ2n) is 4.58. The Morgan fingerprint density at radius 1 is 1.60 bits per heavy atom. The Bertz CT molecular complexity index is 509. The molecule has 0 unspecified atom stereocenters. The smallest absolute Gasteiger partial charge is 0.358 e. The van der Waals surface area contributed by atoms with Gasteiger partial charge in [0.2, 0.25) is 0 Å². The van der Waals surface area contributed by atoms with Crippen molar-refractivity contribution >= 4 is 12.0 Å². The predicted molar refractivity (Wildman–Crippen MR) is 70.3 cm³/mol. The number of hydrogen-bond acceptors (Lipinski definition) is 4. The van der Waals surface area contributed by atoms with E-state index < -0.39 is 5.97 Å². The van der Waals surface area contributed by atoms with Crippen LogP contribution in [0.5, 0.6) is 0 Å². The average Bonchev–Trinajstić information content (AvgIpc) is 3.13. The molecule has 1 aromatic heterocycles. The molecule has 0 aromatic carbocycles. The number of amides is 2. The van der Waals surface area contributed by atoms with Gasteiger partial charge >= 0.3 is 12.0 Å². The van der Waals surface area contributed by atoms with Gasteiger partial charge in [-0.05, 0) is 12.8 Å². The predicted octanol–water partition coefficient (Wildman–Crippen LogP) is 0.336. The summed E-state index contributed by atoms with van der Waals surface area (Å²) < 4.78 is 1.39. The fourth-order valence-corrected chi connectivity index (χ4v) is 1.81. The van der Waals surface area contributed by atoms with Gasteiger partial charge in [0.25, 0.3) is 0 Å². The van der Waals surface area contributed by atoms with Crippen LogP contribution in [0.4, 0.5) is 4.79 Å². The van der Waals surface area contributed by atoms with Gasteiger partial charge in [-0.3, -0.25) is 0 Å². The van der Waals surface area contributed by atoms with Crippen molar-refractivity contribution in [2.24, 2.45) is 0 Å². The number of carboxylic acids is 1. The Labute approximate surface area is 116 Å². The molecule has 8 heteroatoms. The highest BCUT2D eigenvalue weighted by molar-refractivity contribution is 5.84. The highest BCUT2D eigenvalue weighted by Crippen LogP contribution is 2.26. The van der Waals surface area contributed by atoms with Gasteiger partial charge in [0.05, 0.1) is 12.7 Å². The normalized spacial score (nSPS) is 13.8. The van der Waals surface area contributed by atoms with Crippen LogP contribution in [0.15, 0.2) is 18.9 Å². The summed E-state index contributed by atoms with van der Waals surface area (Å²) in [5.74, 6) is -1.12. The lowest BCUT2D eigenvalue weighted by Crippen LogP contribution is -2.42. The van der Waals surface area contributed by atoms with Crippen molar-refractivity contribution in [2.45, 2.75) is 25.4 Å². The molecule has 1 aliphatic carbocycles. The lowest BCUT2D eigenvalue weighted by atomic mass is 10.4. The van der Waals surface area contributed by atoms with Crippen LogP contribution >= 0.6 is 0 Å². The zero-order valence-electron chi connectivity index (χ0n) is 11.0. The first-order valence-electron chi connectivity index (χ1n) is 6.40. The Kier molecular flexibility index (Phi) is 4.34. The number of urea groups is 1. The lowest BCUT2D eigenvalue weighted by molar-refractivity contribution is 0.0690. The van der Waals surface area contributed by atoms with Crippen LogP contribution < -0.4 is 5.32 Å². The van der Waals surface area contributed by atoms with Gasteiger partial charge in [0.15, 0.2) is 5.69 Å². The third kappa shape index (κ3) is 3.56. The van der Waals surface area contributed by atoms with Crippen LogP contribution in [0, 0.1) is 0 Å². The molecule has 1 heterocycles. The van der Waals surface area contributed by atoms with Crippen LogP contribution in [0.25, 0.3) is 0 Å². The molecule has 2 amide bonds. The van der Waals surface area contributed by atoms with Gasteiger partial charge in [-0.1, -0.05) is 11.3 Å². The van der Waals surface area contributed by atoms with E-state index in [4.69, 9.17) is 5.11 Å². The third-order valence-electron chi connectivity index (χ3n) is 2.95. The maximum Gasteiger partial charge on any atom is 0.358 e. The molecular weight excluding hydrogens is 262 g/mol. The molecule has 1 aliphatic rings. The van der Waals surface area contributed by atoms with E-state index in [9.17, 15) is 9.59 Å². The van der Waals surface area contributed by atoms with Crippen molar-refractivity contribution in [3.05, 3.63) is 24.5 Å². The molecule has 1 saturated carbocycles. The first-order valence-corrected chi connectivity index (χ1v) is 6.40. The molecule has 1 fully saturated rings. The quantitative estimate of drug-likeness (QED) is 0.701. The topological polar surface area (TPSA) is 100 Å². The van der Waals surface area contributed by atoms with E-state index in [-0.39, 0.29) is 11.7 Å². The van der Waals surface area contributed by atoms with Crippen molar-refractivity contribution in [1.82, 2.24) is 25.2 Å². The van der Waals surface area contributed by atoms with Gasteiger partial charge in [-0.2, -0.15) is 0 Å². The number of aromatic carboxylic acids is 1. The summed E-state index contributed by atoms with van der Waals surface area (Å²) in [6.45, 7) is 4.91. The molecule has 2 rings (SSSR count). The summed E-state index contributed by atoms with van der Waals surface area (Å²) in [4.78, 5) is 24.3. The first kappa shape index (κ1) is 14.0. The van der Waals surface area contributed by atoms with E-state index >= 15 is 0 Å². The van der Waals surface area contributed by atoms with E-state index in [0.29, 0.717) is 25.7 Å². The number of carbonyl (C=O) groups is 2. The summed E-state index contributed by atoms with van der Waals surface area (Å²) in [6, 6.07) is 0.184. The molecule has 0 atom stereocenters. The molecule has 8 nitrogen and oxygen atoms in total. The number of carboxylic acid groups (broad SMARTS) is 1. The van der Waals surface area contributed by atoms with E-state index in [0.717, 1.165) is 12.8 Å². The summed E-state index contributed by atoms with van der Waals surface area (Å²) in [5, 5.41) is 18.7. The minimum atomic E-state index is -1.12. The molecular formula is C12H17N5O3. The highest BCUT2D eigenvalue weighted by atomic mass is 16.4. The van der Waals surface area contributed by atoms with Crippen molar-refractivity contribution in [1.29, 1.82) is 0 Å². The standard InChI is InChI=1S/C12H17N5O3/c1-2-6-17(9-3-4-9)12(20)13-5-7-16-8-10(11(18)19)14-15-16/h2,8-9H,1,3-7H2,(H,13,20)(H,18,19). The Balaban J connectivity index is 1.77. The van der Waals surface area contributed by atoms with E-state index in [1.807, 2.05) is 0 Å². The van der Waals surface area contributed by atoms with Crippen LogP contribution in [0.2, 0.25) is 0 Å². The maximum atomic E-state index is 11.9. The molecule has 0 radical (unpaired) electrons. The molecule has 0 bridgehead atoms. The molecule has 0 aliphatic heterocycles. The zero-order valence-corrected chi connectivity index (χ0v) is 11.0. The molecule has 0 saturated heterocycles. The summed E-state index contributed by atoms with van der Waals surface area (Å²) in [6.07, 6.45) is 5.10. The van der Waals surface area contributed by atoms with Crippen LogP contribution in [-0.2, 0) is 6.54 Å². The second kappa shape index (κ2) is 6.18. The van der Waals surface area contributed by atoms with Crippen LogP contribution in [-0.4, -0.2) is 56.1 Å². The van der Waals surface area contributed by atoms with Crippen molar-refractivity contribution in [2.75, 3.05) is 13.1 Å². The number of carbonyl (C=O) groups excluding carboxylic acids is 1. The first-order chi connectivity index (χ1) is 9.61. The van der Waals surface area contributed by atoms with E-state index in [2.05, 4.69) is 22.2 Å². The largest absolute Gasteiger partial charge is 0.476 e. The van der Waals surface area contributed by atoms with Crippen molar-refractivity contribution in [3.8, 4) is 0 Å². The molecule has 20 heavy (non-hydrogen) atoms. The highest BCUT2D eigenvalue weighted by Gasteiger charge is 2.31. The SMILES string of the molecule is C=CCN(C(=O)NCCn1cc(C(=O)O)nn1)C1CC1. The van der Waals surface area contributed by atoms with Crippen molar-refractivity contribution in [3.63, 3.8) is 0 Å². The number of rotatable bonds is 7. The number of hydrogen-bond donors (Lipinski definition) is 2. The Hall–Kier alpha value is -2.38. The van der Waals surface area contributed by atoms with Crippen molar-refractivity contribution < 1.29 is 14.7 Å². The molecule has 0 spiro atoms. The Morgan fingerprint density at radius 2 is 2.35 bits per heavy atom. The minimum absolute atomic E-state index is 0.109. The number of nitrogens with zero attached hydrogens (tertiary/aromatic N) is 4. The van der Waals surface area contributed by atoms with Crippen LogP contribution in [0.3, 0.4) is 0 Å². The van der Waals surface area contributed by atoms with Gasteiger partial charge in [-0.25, -0.2) is 14.3 Å². The number of aromatic nitrogens is 3. The van der Waals surface area contributed by atoms with Gasteiger partial charge < -0.3 is 15.3 Å². The monoisotopic (exact) mass is 279 g/mol. The summed E-state index contributed by atoms with van der Waals surface area (Å²) >= 11 is 0. The second-order valence-corrected chi connectivity index (χ2v) is 4.58. The molecule has 2 N–H and O–H groups in total.